The zero-order valence-corrected chi connectivity index (χ0v) is 19.7. The Labute approximate surface area is 191 Å². The highest BCUT2D eigenvalue weighted by Crippen LogP contribution is 2.31. The number of fused-ring (bicyclic) bond motifs is 1. The van der Waals surface area contributed by atoms with Gasteiger partial charge >= 0.3 is 0 Å². The van der Waals surface area contributed by atoms with Gasteiger partial charge in [0.1, 0.15) is 11.6 Å². The molecule has 32 heavy (non-hydrogen) atoms. The Kier molecular flexibility index (Phi) is 6.65. The van der Waals surface area contributed by atoms with E-state index in [9.17, 15) is 4.79 Å². The summed E-state index contributed by atoms with van der Waals surface area (Å²) < 4.78 is 0. The van der Waals surface area contributed by atoms with Gasteiger partial charge in [0.05, 0.1) is 6.54 Å². The molecule has 0 radical (unpaired) electrons. The maximum absolute atomic E-state index is 12.5. The average molecular weight is 437 g/mol. The Balaban J connectivity index is 1.54. The first-order valence-electron chi connectivity index (χ1n) is 11.8. The molecular weight excluding hydrogens is 400 g/mol. The number of nitrogens with zero attached hydrogens (tertiary/aromatic N) is 4. The van der Waals surface area contributed by atoms with Crippen LogP contribution in [0.4, 0.5) is 17.6 Å². The number of nitrogens with one attached hydrogen (secondary N) is 1. The number of aromatic nitrogens is 2. The van der Waals surface area contributed by atoms with Gasteiger partial charge in [-0.25, -0.2) is 0 Å². The van der Waals surface area contributed by atoms with Crippen molar-refractivity contribution in [2.75, 3.05) is 42.1 Å². The van der Waals surface area contributed by atoms with Gasteiger partial charge in [0, 0.05) is 31.6 Å². The Bertz CT molecular complexity index is 967. The molecule has 2 aliphatic rings. The van der Waals surface area contributed by atoms with Gasteiger partial charge in [-0.2, -0.15) is 9.97 Å². The number of carbonyl (C=O) groups excluding carboxylic acids is 1. The van der Waals surface area contributed by atoms with Gasteiger partial charge < -0.3 is 16.0 Å². The highest BCUT2D eigenvalue weighted by Gasteiger charge is 2.28. The van der Waals surface area contributed by atoms with E-state index in [1.54, 1.807) is 0 Å². The van der Waals surface area contributed by atoms with Crippen molar-refractivity contribution in [3.63, 3.8) is 0 Å². The zero-order valence-electron chi connectivity index (χ0n) is 19.7. The minimum atomic E-state index is 0.138. The van der Waals surface area contributed by atoms with E-state index in [1.807, 2.05) is 4.90 Å². The highest BCUT2D eigenvalue weighted by molar-refractivity contribution is 5.91. The van der Waals surface area contributed by atoms with E-state index in [-0.39, 0.29) is 11.2 Å². The van der Waals surface area contributed by atoms with E-state index in [1.165, 1.54) is 37.1 Å². The van der Waals surface area contributed by atoms with Gasteiger partial charge in [-0.15, -0.1) is 0 Å². The lowest BCUT2D eigenvalue weighted by molar-refractivity contribution is -0.117. The van der Waals surface area contributed by atoms with Gasteiger partial charge in [0.25, 0.3) is 0 Å². The summed E-state index contributed by atoms with van der Waals surface area (Å²) in [6, 6.07) is 8.68. The summed E-state index contributed by atoms with van der Waals surface area (Å²) in [5.74, 6) is 1.85. The molecule has 4 rings (SSSR count). The predicted octanol–water partition coefficient (Wildman–Crippen LogP) is 3.63. The number of nitrogens with two attached hydrogens (primary N) is 1. The third-order valence-electron chi connectivity index (χ3n) is 6.71. The lowest BCUT2D eigenvalue weighted by Crippen LogP contribution is -2.37. The Morgan fingerprint density at radius 2 is 1.84 bits per heavy atom. The number of likely N-dealkylation sites (tertiary alicyclic amines) is 1. The second kappa shape index (κ2) is 9.45. The van der Waals surface area contributed by atoms with Gasteiger partial charge in [-0.05, 0) is 48.9 Å². The van der Waals surface area contributed by atoms with Crippen LogP contribution in [-0.2, 0) is 24.3 Å². The SMILES string of the molecule is CCC(C)(C)CNc1nc(N)c2c(n1)N(Cc1cccc(CN3CCCC3)c1)CC(=O)C2. The molecule has 3 heterocycles. The van der Waals surface area contributed by atoms with Crippen LogP contribution in [0.2, 0.25) is 0 Å². The van der Waals surface area contributed by atoms with Gasteiger partial charge in [0.2, 0.25) is 5.95 Å². The molecule has 0 atom stereocenters. The van der Waals surface area contributed by atoms with Crippen molar-refractivity contribution in [3.8, 4) is 0 Å². The van der Waals surface area contributed by atoms with Crippen LogP contribution in [-0.4, -0.2) is 46.8 Å². The van der Waals surface area contributed by atoms with Crippen molar-refractivity contribution in [1.82, 2.24) is 14.9 Å². The maximum Gasteiger partial charge on any atom is 0.226 e. The largest absolute Gasteiger partial charge is 0.383 e. The minimum Gasteiger partial charge on any atom is -0.383 e. The number of rotatable bonds is 8. The lowest BCUT2D eigenvalue weighted by atomic mass is 9.90. The summed E-state index contributed by atoms with van der Waals surface area (Å²) in [7, 11) is 0. The predicted molar refractivity (Wildman–Crippen MR) is 130 cm³/mol. The van der Waals surface area contributed by atoms with E-state index in [0.717, 1.165) is 30.9 Å². The van der Waals surface area contributed by atoms with Crippen LogP contribution in [0.1, 0.15) is 56.7 Å². The van der Waals surface area contributed by atoms with Crippen molar-refractivity contribution >= 4 is 23.4 Å². The molecule has 3 N–H and O–H groups in total. The number of nitrogen functional groups attached to an aromatic ring is 1. The fourth-order valence-electron chi connectivity index (χ4n) is 4.36. The van der Waals surface area contributed by atoms with Crippen molar-refractivity contribution in [1.29, 1.82) is 0 Å². The standard InChI is InChI=1S/C25H36N6O/c1-4-25(2,3)17-27-24-28-22(26)21-13-20(32)16-31(23(21)29-24)15-19-9-7-8-18(12-19)14-30-10-5-6-11-30/h7-9,12H,4-6,10-11,13-17H2,1-3H3,(H3,26,27,28,29). The number of carbonyl (C=O) groups is 1. The third-order valence-corrected chi connectivity index (χ3v) is 6.71. The van der Waals surface area contributed by atoms with E-state index in [4.69, 9.17) is 10.7 Å². The molecule has 1 aromatic carbocycles. The Hall–Kier alpha value is -2.67. The fraction of sp³-hybridized carbons (Fsp3) is 0.560. The molecule has 172 valence electrons. The summed E-state index contributed by atoms with van der Waals surface area (Å²) in [5.41, 5.74) is 9.66. The summed E-state index contributed by atoms with van der Waals surface area (Å²) in [4.78, 5) is 26.3. The molecule has 0 spiro atoms. The first kappa shape index (κ1) is 22.5. The molecule has 1 saturated heterocycles. The molecule has 0 bridgehead atoms. The van der Waals surface area contributed by atoms with Crippen LogP contribution in [0.5, 0.6) is 0 Å². The molecule has 1 fully saturated rings. The number of ketones is 1. The molecule has 7 nitrogen and oxygen atoms in total. The second-order valence-corrected chi connectivity index (χ2v) is 9.98. The summed E-state index contributed by atoms with van der Waals surface area (Å²) in [6.45, 7) is 11.7. The molecule has 7 heteroatoms. The average Bonchev–Trinajstić information content (AvgIpc) is 3.26. The smallest absolute Gasteiger partial charge is 0.226 e. The van der Waals surface area contributed by atoms with Crippen LogP contribution in [0.3, 0.4) is 0 Å². The van der Waals surface area contributed by atoms with E-state index >= 15 is 0 Å². The monoisotopic (exact) mass is 436 g/mol. The number of hydrogen-bond donors (Lipinski definition) is 2. The van der Waals surface area contributed by atoms with Crippen LogP contribution < -0.4 is 16.0 Å². The van der Waals surface area contributed by atoms with Crippen LogP contribution >= 0.6 is 0 Å². The van der Waals surface area contributed by atoms with Gasteiger partial charge in [-0.3, -0.25) is 9.69 Å². The first-order chi connectivity index (χ1) is 15.3. The lowest BCUT2D eigenvalue weighted by Gasteiger charge is -2.30. The number of anilines is 3. The second-order valence-electron chi connectivity index (χ2n) is 9.98. The van der Waals surface area contributed by atoms with E-state index in [0.29, 0.717) is 31.3 Å². The fourth-order valence-corrected chi connectivity index (χ4v) is 4.36. The minimum absolute atomic E-state index is 0.138. The normalized spacial score (nSPS) is 17.0. The summed E-state index contributed by atoms with van der Waals surface area (Å²) >= 11 is 0. The van der Waals surface area contributed by atoms with Crippen LogP contribution in [0.15, 0.2) is 24.3 Å². The molecular formula is C25H36N6O. The number of Topliss-reactive ketones (excluding diaryl/α,β-unsaturated/α-hetero) is 1. The molecule has 0 saturated carbocycles. The number of benzene rings is 1. The number of hydrogen-bond acceptors (Lipinski definition) is 7. The zero-order chi connectivity index (χ0) is 22.7. The van der Waals surface area contributed by atoms with Crippen molar-refractivity contribution in [2.45, 2.75) is 59.5 Å². The van der Waals surface area contributed by atoms with Crippen LogP contribution in [0.25, 0.3) is 0 Å². The van der Waals surface area contributed by atoms with E-state index in [2.05, 4.69) is 60.2 Å². The molecule has 1 aromatic heterocycles. The van der Waals surface area contributed by atoms with Crippen molar-refractivity contribution < 1.29 is 4.79 Å². The Morgan fingerprint density at radius 1 is 1.12 bits per heavy atom. The summed E-state index contributed by atoms with van der Waals surface area (Å²) in [6.07, 6.45) is 3.93. The highest BCUT2D eigenvalue weighted by atomic mass is 16.1. The first-order valence-corrected chi connectivity index (χ1v) is 11.8. The van der Waals surface area contributed by atoms with E-state index < -0.39 is 0 Å². The van der Waals surface area contributed by atoms with Gasteiger partial charge in [-0.1, -0.05) is 45.0 Å². The van der Waals surface area contributed by atoms with Gasteiger partial charge in [0.15, 0.2) is 5.78 Å². The molecule has 2 aromatic rings. The molecule has 2 aliphatic heterocycles. The maximum atomic E-state index is 12.5. The molecule has 0 unspecified atom stereocenters. The molecule has 0 aliphatic carbocycles. The topological polar surface area (TPSA) is 87.4 Å². The van der Waals surface area contributed by atoms with Crippen molar-refractivity contribution in [2.24, 2.45) is 5.41 Å². The van der Waals surface area contributed by atoms with Crippen LogP contribution in [0, 0.1) is 5.41 Å². The summed E-state index contributed by atoms with van der Waals surface area (Å²) in [5, 5.41) is 3.35. The Morgan fingerprint density at radius 3 is 2.56 bits per heavy atom. The quantitative estimate of drug-likeness (QED) is 0.653. The third kappa shape index (κ3) is 5.38. The van der Waals surface area contributed by atoms with Crippen molar-refractivity contribution in [3.05, 3.63) is 41.0 Å². The molecule has 0 amide bonds.